The van der Waals surface area contributed by atoms with Crippen molar-refractivity contribution in [2.24, 2.45) is 0 Å². The summed E-state index contributed by atoms with van der Waals surface area (Å²) >= 11 is 12.3. The van der Waals surface area contributed by atoms with Gasteiger partial charge in [-0.15, -0.1) is 0 Å². The van der Waals surface area contributed by atoms with E-state index in [1.807, 2.05) is 0 Å². The Morgan fingerprint density at radius 2 is 1.77 bits per heavy atom. The summed E-state index contributed by atoms with van der Waals surface area (Å²) in [5.74, 6) is -1.08. The molecule has 0 radical (unpaired) electrons. The Morgan fingerprint density at radius 3 is 2.47 bits per heavy atom. The van der Waals surface area contributed by atoms with Crippen molar-refractivity contribution in [3.63, 3.8) is 0 Å². The van der Waals surface area contributed by atoms with Gasteiger partial charge in [0, 0.05) is 21.2 Å². The van der Waals surface area contributed by atoms with E-state index in [0.29, 0.717) is 26.7 Å². The zero-order valence-corrected chi connectivity index (χ0v) is 17.1. The Kier molecular flexibility index (Phi) is 5.33. The number of hydrogen-bond acceptors (Lipinski definition) is 4. The van der Waals surface area contributed by atoms with Crippen LogP contribution >= 0.6 is 23.2 Å². The number of carbonyl (C=O) groups excluding carboxylic acids is 2. The van der Waals surface area contributed by atoms with E-state index in [2.05, 4.69) is 0 Å². The SMILES string of the molecule is Cc1c(OC(=O)c2cccc(F)c2)ccc2c1O/C(=C\c1c(Cl)cccc1Cl)C2=O. The summed E-state index contributed by atoms with van der Waals surface area (Å²) in [5.41, 5.74) is 1.32. The minimum atomic E-state index is -0.722. The molecule has 4 rings (SSSR count). The molecule has 1 aliphatic heterocycles. The van der Waals surface area contributed by atoms with Crippen LogP contribution in [-0.4, -0.2) is 11.8 Å². The molecule has 3 aromatic rings. The average molecular weight is 443 g/mol. The van der Waals surface area contributed by atoms with Gasteiger partial charge in [-0.2, -0.15) is 0 Å². The predicted octanol–water partition coefficient (Wildman–Crippen LogP) is 6.28. The van der Waals surface area contributed by atoms with Crippen molar-refractivity contribution in [3.8, 4) is 11.5 Å². The van der Waals surface area contributed by atoms with E-state index in [-0.39, 0.29) is 28.6 Å². The van der Waals surface area contributed by atoms with Crippen LogP contribution in [0.5, 0.6) is 11.5 Å². The summed E-state index contributed by atoms with van der Waals surface area (Å²) < 4.78 is 24.5. The fraction of sp³-hybridized carbons (Fsp3) is 0.0435. The van der Waals surface area contributed by atoms with Crippen LogP contribution in [0.15, 0.2) is 60.4 Å². The van der Waals surface area contributed by atoms with Crippen LogP contribution in [0.1, 0.15) is 31.8 Å². The molecule has 30 heavy (non-hydrogen) atoms. The summed E-state index contributed by atoms with van der Waals surface area (Å²) in [5, 5.41) is 0.757. The molecule has 4 nitrogen and oxygen atoms in total. The van der Waals surface area contributed by atoms with Crippen LogP contribution in [0.2, 0.25) is 10.0 Å². The second-order valence-corrected chi connectivity index (χ2v) is 7.35. The van der Waals surface area contributed by atoms with Crippen LogP contribution in [0, 0.1) is 12.7 Å². The summed E-state index contributed by atoms with van der Waals surface area (Å²) in [6, 6.07) is 13.2. The fourth-order valence-electron chi connectivity index (χ4n) is 3.03. The molecule has 0 aromatic heterocycles. The highest BCUT2D eigenvalue weighted by Gasteiger charge is 2.31. The number of halogens is 3. The van der Waals surface area contributed by atoms with Crippen molar-refractivity contribution in [1.29, 1.82) is 0 Å². The molecule has 0 aliphatic carbocycles. The molecule has 0 saturated carbocycles. The van der Waals surface area contributed by atoms with E-state index < -0.39 is 11.8 Å². The Balaban J connectivity index is 1.65. The fourth-order valence-corrected chi connectivity index (χ4v) is 3.54. The number of rotatable bonds is 3. The van der Waals surface area contributed by atoms with Crippen LogP contribution in [0.3, 0.4) is 0 Å². The van der Waals surface area contributed by atoms with E-state index in [9.17, 15) is 14.0 Å². The number of benzene rings is 3. The molecule has 0 spiro atoms. The average Bonchev–Trinajstić information content (AvgIpc) is 3.03. The van der Waals surface area contributed by atoms with Crippen molar-refractivity contribution in [2.75, 3.05) is 0 Å². The van der Waals surface area contributed by atoms with Gasteiger partial charge in [-0.25, -0.2) is 9.18 Å². The lowest BCUT2D eigenvalue weighted by atomic mass is 10.1. The molecule has 1 aliphatic rings. The zero-order chi connectivity index (χ0) is 21.4. The molecular weight excluding hydrogens is 430 g/mol. The van der Waals surface area contributed by atoms with Gasteiger partial charge in [0.2, 0.25) is 5.78 Å². The van der Waals surface area contributed by atoms with Crippen molar-refractivity contribution >= 4 is 41.0 Å². The highest BCUT2D eigenvalue weighted by Crippen LogP contribution is 2.40. The lowest BCUT2D eigenvalue weighted by Gasteiger charge is -2.10. The van der Waals surface area contributed by atoms with Gasteiger partial charge in [-0.1, -0.05) is 35.3 Å². The number of allylic oxidation sites excluding steroid dienone is 1. The highest BCUT2D eigenvalue weighted by molar-refractivity contribution is 6.37. The molecule has 0 saturated heterocycles. The summed E-state index contributed by atoms with van der Waals surface area (Å²) in [6.07, 6.45) is 1.48. The van der Waals surface area contributed by atoms with Crippen LogP contribution in [-0.2, 0) is 0 Å². The third-order valence-electron chi connectivity index (χ3n) is 4.57. The Labute approximate surface area is 181 Å². The number of carbonyl (C=O) groups is 2. The monoisotopic (exact) mass is 442 g/mol. The van der Waals surface area contributed by atoms with Gasteiger partial charge >= 0.3 is 5.97 Å². The topological polar surface area (TPSA) is 52.6 Å². The first-order valence-electron chi connectivity index (χ1n) is 8.85. The lowest BCUT2D eigenvalue weighted by molar-refractivity contribution is 0.0732. The first-order valence-corrected chi connectivity index (χ1v) is 9.60. The number of fused-ring (bicyclic) bond motifs is 1. The molecule has 0 amide bonds. The third-order valence-corrected chi connectivity index (χ3v) is 5.23. The highest BCUT2D eigenvalue weighted by atomic mass is 35.5. The Hall–Kier alpha value is -3.15. The molecule has 150 valence electrons. The maximum atomic E-state index is 13.4. The number of esters is 1. The van der Waals surface area contributed by atoms with Gasteiger partial charge in [-0.3, -0.25) is 4.79 Å². The van der Waals surface area contributed by atoms with Gasteiger partial charge in [0.05, 0.1) is 11.1 Å². The van der Waals surface area contributed by atoms with E-state index in [1.54, 1.807) is 25.1 Å². The molecule has 1 heterocycles. The number of ether oxygens (including phenoxy) is 2. The summed E-state index contributed by atoms with van der Waals surface area (Å²) in [7, 11) is 0. The van der Waals surface area contributed by atoms with Crippen molar-refractivity contribution < 1.29 is 23.5 Å². The normalized spacial score (nSPS) is 13.9. The largest absolute Gasteiger partial charge is 0.452 e. The van der Waals surface area contributed by atoms with E-state index in [1.165, 1.54) is 36.4 Å². The number of hydrogen-bond donors (Lipinski definition) is 0. The number of Topliss-reactive ketones (excluding diaryl/α,β-unsaturated/α-hetero) is 1. The van der Waals surface area contributed by atoms with Gasteiger partial charge in [-0.05, 0) is 55.5 Å². The van der Waals surface area contributed by atoms with Crippen molar-refractivity contribution in [2.45, 2.75) is 6.92 Å². The van der Waals surface area contributed by atoms with E-state index in [0.717, 1.165) is 6.07 Å². The van der Waals surface area contributed by atoms with Gasteiger partial charge in [0.15, 0.2) is 5.76 Å². The van der Waals surface area contributed by atoms with Crippen LogP contribution in [0.4, 0.5) is 4.39 Å². The maximum Gasteiger partial charge on any atom is 0.343 e. The molecule has 0 fully saturated rings. The smallest absolute Gasteiger partial charge is 0.343 e. The summed E-state index contributed by atoms with van der Waals surface area (Å²) in [4.78, 5) is 25.1. The van der Waals surface area contributed by atoms with Crippen LogP contribution < -0.4 is 9.47 Å². The minimum Gasteiger partial charge on any atom is -0.452 e. The molecule has 0 bridgehead atoms. The third kappa shape index (κ3) is 3.70. The molecular formula is C23H13Cl2FO4. The molecule has 0 atom stereocenters. The van der Waals surface area contributed by atoms with E-state index in [4.69, 9.17) is 32.7 Å². The van der Waals surface area contributed by atoms with Crippen molar-refractivity contribution in [3.05, 3.63) is 98.5 Å². The Morgan fingerprint density at radius 1 is 1.07 bits per heavy atom. The second-order valence-electron chi connectivity index (χ2n) is 6.54. The first-order chi connectivity index (χ1) is 14.3. The molecule has 0 unspecified atom stereocenters. The molecule has 3 aromatic carbocycles. The minimum absolute atomic E-state index is 0.0525. The van der Waals surface area contributed by atoms with Crippen LogP contribution in [0.25, 0.3) is 6.08 Å². The quantitative estimate of drug-likeness (QED) is 0.272. The van der Waals surface area contributed by atoms with E-state index >= 15 is 0 Å². The number of ketones is 1. The standard InChI is InChI=1S/C23H13Cl2FO4/c1-12-19(30-23(28)13-4-2-5-14(26)10-13)9-8-15-21(27)20(29-22(12)15)11-16-17(24)6-3-7-18(16)25/h2-11H,1H3/b20-11-. The Bertz CT molecular complexity index is 1210. The molecule has 7 heteroatoms. The lowest BCUT2D eigenvalue weighted by Crippen LogP contribution is -2.09. The second kappa shape index (κ2) is 7.94. The van der Waals surface area contributed by atoms with Gasteiger partial charge < -0.3 is 9.47 Å². The zero-order valence-electron chi connectivity index (χ0n) is 15.5. The first kappa shape index (κ1) is 20.1. The van der Waals surface area contributed by atoms with Gasteiger partial charge in [0.25, 0.3) is 0 Å². The molecule has 0 N–H and O–H groups in total. The summed E-state index contributed by atoms with van der Waals surface area (Å²) in [6.45, 7) is 1.66. The maximum absolute atomic E-state index is 13.4. The van der Waals surface area contributed by atoms with Gasteiger partial charge in [0.1, 0.15) is 17.3 Å². The van der Waals surface area contributed by atoms with Crippen molar-refractivity contribution in [1.82, 2.24) is 0 Å². The predicted molar refractivity (Wildman–Crippen MR) is 112 cm³/mol.